The lowest BCUT2D eigenvalue weighted by atomic mass is 10.3. The quantitative estimate of drug-likeness (QED) is 0.809. The zero-order valence-corrected chi connectivity index (χ0v) is 15.9. The number of nitrogens with zero attached hydrogens (tertiary/aromatic N) is 1. The lowest BCUT2D eigenvalue weighted by molar-refractivity contribution is 0.174. The highest BCUT2D eigenvalue weighted by molar-refractivity contribution is 7.93. The van der Waals surface area contributed by atoms with Gasteiger partial charge in [0.2, 0.25) is 16.8 Å². The van der Waals surface area contributed by atoms with E-state index in [4.69, 9.17) is 9.47 Å². The fraction of sp³-hybridized carbons (Fsp3) is 0.294. The zero-order valence-electron chi connectivity index (χ0n) is 14.3. The van der Waals surface area contributed by atoms with Gasteiger partial charge in [0.05, 0.1) is 15.5 Å². The molecule has 0 amide bonds. The molecule has 10 heteroatoms. The first-order valence-corrected chi connectivity index (χ1v) is 11.3. The van der Waals surface area contributed by atoms with Crippen LogP contribution in [-0.4, -0.2) is 41.0 Å². The van der Waals surface area contributed by atoms with Crippen LogP contribution in [0.15, 0.2) is 52.3 Å². The maximum Gasteiger partial charge on any atom is 0.261 e. The SMILES string of the molecule is O=S(=O)(Nc1ccc2c(c1)OCO2)c1cccc(S(=O)(=O)N2CCCC2)c1. The molecule has 0 aromatic heterocycles. The molecule has 1 saturated heterocycles. The normalized spacial score (nSPS) is 17.2. The molecular formula is C17H18N2O6S2. The Hall–Kier alpha value is -2.30. The highest BCUT2D eigenvalue weighted by Crippen LogP contribution is 2.35. The van der Waals surface area contributed by atoms with Crippen LogP contribution in [0.5, 0.6) is 11.5 Å². The van der Waals surface area contributed by atoms with Crippen LogP contribution in [0.3, 0.4) is 0 Å². The van der Waals surface area contributed by atoms with Gasteiger partial charge in [0.1, 0.15) is 0 Å². The van der Waals surface area contributed by atoms with Crippen LogP contribution in [0.1, 0.15) is 12.8 Å². The van der Waals surface area contributed by atoms with Gasteiger partial charge in [-0.25, -0.2) is 16.8 Å². The van der Waals surface area contributed by atoms with Crippen molar-refractivity contribution in [3.63, 3.8) is 0 Å². The number of ether oxygens (including phenoxy) is 2. The van der Waals surface area contributed by atoms with E-state index in [9.17, 15) is 16.8 Å². The lowest BCUT2D eigenvalue weighted by Gasteiger charge is -2.16. The van der Waals surface area contributed by atoms with Crippen molar-refractivity contribution >= 4 is 25.7 Å². The summed E-state index contributed by atoms with van der Waals surface area (Å²) in [5.41, 5.74) is 0.298. The number of fused-ring (bicyclic) bond motifs is 1. The van der Waals surface area contributed by atoms with Crippen LogP contribution in [0.25, 0.3) is 0 Å². The van der Waals surface area contributed by atoms with Gasteiger partial charge >= 0.3 is 0 Å². The van der Waals surface area contributed by atoms with Crippen molar-refractivity contribution in [1.29, 1.82) is 0 Å². The Morgan fingerprint density at radius 2 is 1.56 bits per heavy atom. The van der Waals surface area contributed by atoms with Crippen molar-refractivity contribution < 1.29 is 26.3 Å². The summed E-state index contributed by atoms with van der Waals surface area (Å²) in [4.78, 5) is -0.154. The standard InChI is InChI=1S/C17H18N2O6S2/c20-26(21,18-13-6-7-16-17(10-13)25-12-24-16)14-4-3-5-15(11-14)27(22,23)19-8-1-2-9-19/h3-7,10-11,18H,1-2,8-9,12H2. The topological polar surface area (TPSA) is 102 Å². The van der Waals surface area contributed by atoms with Crippen LogP contribution in [0, 0.1) is 0 Å². The second-order valence-corrected chi connectivity index (χ2v) is 9.88. The molecular weight excluding hydrogens is 392 g/mol. The smallest absolute Gasteiger partial charge is 0.261 e. The zero-order chi connectivity index (χ0) is 19.1. The summed E-state index contributed by atoms with van der Waals surface area (Å²) >= 11 is 0. The molecule has 2 aromatic carbocycles. The van der Waals surface area contributed by atoms with Crippen LogP contribution >= 0.6 is 0 Å². The lowest BCUT2D eigenvalue weighted by Crippen LogP contribution is -2.28. The first kappa shape index (κ1) is 18.1. The molecule has 0 saturated carbocycles. The summed E-state index contributed by atoms with van der Waals surface area (Å²) in [5.74, 6) is 0.984. The minimum atomic E-state index is -3.97. The van der Waals surface area contributed by atoms with Gasteiger partial charge in [-0.15, -0.1) is 0 Å². The van der Waals surface area contributed by atoms with Crippen LogP contribution in [0.4, 0.5) is 5.69 Å². The van der Waals surface area contributed by atoms with Crippen molar-refractivity contribution in [2.45, 2.75) is 22.6 Å². The van der Waals surface area contributed by atoms with Gasteiger partial charge in [0.25, 0.3) is 10.0 Å². The minimum Gasteiger partial charge on any atom is -0.454 e. The number of rotatable bonds is 5. The summed E-state index contributed by atoms with van der Waals surface area (Å²) in [6, 6.07) is 10.1. The Morgan fingerprint density at radius 3 is 2.33 bits per heavy atom. The van der Waals surface area contributed by atoms with E-state index < -0.39 is 20.0 Å². The number of anilines is 1. The number of hydrogen-bond acceptors (Lipinski definition) is 6. The average Bonchev–Trinajstić information content (AvgIpc) is 3.33. The number of sulfonamides is 2. The van der Waals surface area contributed by atoms with Gasteiger partial charge in [0, 0.05) is 19.2 Å². The van der Waals surface area contributed by atoms with E-state index in [-0.39, 0.29) is 16.6 Å². The molecule has 2 heterocycles. The molecule has 0 radical (unpaired) electrons. The molecule has 2 aliphatic heterocycles. The van der Waals surface area contributed by atoms with Gasteiger partial charge in [-0.05, 0) is 43.2 Å². The molecule has 0 atom stereocenters. The van der Waals surface area contributed by atoms with E-state index in [1.54, 1.807) is 12.1 Å². The Morgan fingerprint density at radius 1 is 0.852 bits per heavy atom. The summed E-state index contributed by atoms with van der Waals surface area (Å²) in [7, 11) is -7.66. The van der Waals surface area contributed by atoms with Crippen molar-refractivity contribution in [3.05, 3.63) is 42.5 Å². The second kappa shape index (κ2) is 6.70. The summed E-state index contributed by atoms with van der Waals surface area (Å²) in [6.45, 7) is 0.992. The summed E-state index contributed by atoms with van der Waals surface area (Å²) < 4.78 is 65.0. The van der Waals surface area contributed by atoms with E-state index in [2.05, 4.69) is 4.72 Å². The first-order valence-electron chi connectivity index (χ1n) is 8.39. The van der Waals surface area contributed by atoms with E-state index in [1.807, 2.05) is 0 Å². The Labute approximate surface area is 157 Å². The average molecular weight is 410 g/mol. The first-order chi connectivity index (χ1) is 12.9. The van der Waals surface area contributed by atoms with Crippen molar-refractivity contribution in [1.82, 2.24) is 4.31 Å². The third-order valence-electron chi connectivity index (χ3n) is 4.44. The minimum absolute atomic E-state index is 0.0297. The third kappa shape index (κ3) is 3.47. The maximum atomic E-state index is 12.7. The van der Waals surface area contributed by atoms with E-state index in [0.717, 1.165) is 12.8 Å². The number of hydrogen-bond donors (Lipinski definition) is 1. The fourth-order valence-electron chi connectivity index (χ4n) is 3.05. The third-order valence-corrected chi connectivity index (χ3v) is 7.72. The molecule has 144 valence electrons. The van der Waals surface area contributed by atoms with E-state index in [1.165, 1.54) is 34.6 Å². The van der Waals surface area contributed by atoms with Gasteiger partial charge in [-0.2, -0.15) is 4.31 Å². The number of benzene rings is 2. The molecule has 2 aromatic rings. The van der Waals surface area contributed by atoms with E-state index >= 15 is 0 Å². The van der Waals surface area contributed by atoms with Crippen LogP contribution < -0.4 is 14.2 Å². The Bertz CT molecular complexity index is 1080. The molecule has 27 heavy (non-hydrogen) atoms. The van der Waals surface area contributed by atoms with Gasteiger partial charge in [-0.3, -0.25) is 4.72 Å². The molecule has 1 N–H and O–H groups in total. The maximum absolute atomic E-state index is 12.7. The van der Waals surface area contributed by atoms with Crippen LogP contribution in [0.2, 0.25) is 0 Å². The summed E-state index contributed by atoms with van der Waals surface area (Å²) in [5, 5.41) is 0. The summed E-state index contributed by atoms with van der Waals surface area (Å²) in [6.07, 6.45) is 1.62. The predicted molar refractivity (Wildman–Crippen MR) is 97.8 cm³/mol. The molecule has 0 aliphatic carbocycles. The largest absolute Gasteiger partial charge is 0.454 e. The molecule has 0 unspecified atom stereocenters. The molecule has 4 rings (SSSR count). The van der Waals surface area contributed by atoms with Gasteiger partial charge in [-0.1, -0.05) is 6.07 Å². The Kier molecular flexibility index (Phi) is 4.49. The monoisotopic (exact) mass is 410 g/mol. The molecule has 0 bridgehead atoms. The highest BCUT2D eigenvalue weighted by atomic mass is 32.2. The van der Waals surface area contributed by atoms with E-state index in [0.29, 0.717) is 30.3 Å². The Balaban J connectivity index is 1.62. The predicted octanol–water partition coefficient (Wildman–Crippen LogP) is 2.00. The molecule has 2 aliphatic rings. The molecule has 1 fully saturated rings. The molecule has 8 nitrogen and oxygen atoms in total. The van der Waals surface area contributed by atoms with Gasteiger partial charge < -0.3 is 9.47 Å². The fourth-order valence-corrected chi connectivity index (χ4v) is 5.79. The van der Waals surface area contributed by atoms with Crippen molar-refractivity contribution in [3.8, 4) is 11.5 Å². The van der Waals surface area contributed by atoms with Crippen molar-refractivity contribution in [2.75, 3.05) is 24.6 Å². The van der Waals surface area contributed by atoms with Gasteiger partial charge in [0.15, 0.2) is 11.5 Å². The second-order valence-electron chi connectivity index (χ2n) is 6.26. The molecule has 0 spiro atoms. The van der Waals surface area contributed by atoms with Crippen molar-refractivity contribution in [2.24, 2.45) is 0 Å². The highest BCUT2D eigenvalue weighted by Gasteiger charge is 2.28. The number of nitrogens with one attached hydrogen (secondary N) is 1. The van der Waals surface area contributed by atoms with Crippen LogP contribution in [-0.2, 0) is 20.0 Å².